The van der Waals surface area contributed by atoms with E-state index in [1.54, 1.807) is 0 Å². The van der Waals surface area contributed by atoms with Crippen LogP contribution in [0.3, 0.4) is 0 Å². The Labute approximate surface area is 203 Å². The number of hydrogen-bond donors (Lipinski definition) is 2. The average Bonchev–Trinajstić information content (AvgIpc) is 2.82. The molecule has 1 atom stereocenters. The summed E-state index contributed by atoms with van der Waals surface area (Å²) in [6, 6.07) is 31.0. The maximum absolute atomic E-state index is 11.5. The van der Waals surface area contributed by atoms with Crippen LogP contribution in [-0.4, -0.2) is 25.7 Å². The number of esters is 1. The molecule has 0 radical (unpaired) electrons. The van der Waals surface area contributed by atoms with Crippen LogP contribution in [-0.2, 0) is 15.1 Å². The number of carbonyl (C=O) groups excluding carboxylic acids is 1. The van der Waals surface area contributed by atoms with Crippen molar-refractivity contribution < 1.29 is 9.53 Å². The van der Waals surface area contributed by atoms with E-state index in [1.807, 2.05) is 18.2 Å². The predicted octanol–water partition coefficient (Wildman–Crippen LogP) is 5.08. The van der Waals surface area contributed by atoms with Crippen LogP contribution in [0.5, 0.6) is 0 Å². The van der Waals surface area contributed by atoms with E-state index >= 15 is 0 Å². The molecule has 0 saturated heterocycles. The molecular weight excluding hydrogens is 443 g/mol. The van der Waals surface area contributed by atoms with E-state index in [4.69, 9.17) is 10.5 Å². The Balaban J connectivity index is 0.00000256. The maximum Gasteiger partial charge on any atom is 0.322 e. The summed E-state index contributed by atoms with van der Waals surface area (Å²) in [6.07, 6.45) is 2.36. The third-order valence-electron chi connectivity index (χ3n) is 5.46. The smallest absolute Gasteiger partial charge is 0.322 e. The van der Waals surface area contributed by atoms with Gasteiger partial charge in [-0.1, -0.05) is 97.4 Å². The maximum atomic E-state index is 11.5. The molecule has 3 rings (SSSR count). The zero-order chi connectivity index (χ0) is 21.2. The van der Waals surface area contributed by atoms with Crippen molar-refractivity contribution >= 4 is 30.8 Å². The van der Waals surface area contributed by atoms with E-state index in [2.05, 4.69) is 78.1 Å². The quantitative estimate of drug-likeness (QED) is 0.244. The lowest BCUT2D eigenvalue weighted by atomic mass is 9.77. The summed E-state index contributed by atoms with van der Waals surface area (Å²) >= 11 is 0. The third kappa shape index (κ3) is 6.57. The van der Waals surface area contributed by atoms with E-state index in [-0.39, 0.29) is 30.8 Å². The Bertz CT molecular complexity index is 812. The van der Waals surface area contributed by atoms with Gasteiger partial charge in [0.1, 0.15) is 6.04 Å². The van der Waals surface area contributed by atoms with Crippen LogP contribution < -0.4 is 11.1 Å². The standard InChI is InChI=1S/C26H30N2O2.2ClH/c1-30-25(29)24(27)19-11-12-20-28-26(21-13-5-2-6-14-21,22-15-7-3-8-16-22)23-17-9-4-10-18-23;;/h2-10,13-18,24,28H,11-12,19-20,27H2,1H3;2*1H/t24-;;/m0../s1. The van der Waals surface area contributed by atoms with Gasteiger partial charge in [-0.05, 0) is 36.1 Å². The van der Waals surface area contributed by atoms with Gasteiger partial charge < -0.3 is 10.5 Å². The molecule has 0 saturated carbocycles. The molecule has 3 N–H and O–H groups in total. The Morgan fingerprint density at radius 1 is 0.812 bits per heavy atom. The number of methoxy groups -OCH3 is 1. The van der Waals surface area contributed by atoms with Crippen LogP contribution in [0.15, 0.2) is 91.0 Å². The van der Waals surface area contributed by atoms with Crippen molar-refractivity contribution in [2.24, 2.45) is 5.73 Å². The van der Waals surface area contributed by atoms with Gasteiger partial charge in [-0.3, -0.25) is 10.1 Å². The number of benzene rings is 3. The molecule has 6 heteroatoms. The fraction of sp³-hybridized carbons (Fsp3) is 0.269. The highest BCUT2D eigenvalue weighted by Gasteiger charge is 2.35. The summed E-state index contributed by atoms with van der Waals surface area (Å²) in [5.74, 6) is -0.352. The molecule has 0 fully saturated rings. The lowest BCUT2D eigenvalue weighted by molar-refractivity contribution is -0.142. The lowest BCUT2D eigenvalue weighted by Crippen LogP contribution is -2.45. The minimum Gasteiger partial charge on any atom is -0.468 e. The second-order valence-corrected chi connectivity index (χ2v) is 7.40. The highest BCUT2D eigenvalue weighted by atomic mass is 35.5. The molecule has 0 aliphatic carbocycles. The average molecular weight is 475 g/mol. The number of nitrogens with one attached hydrogen (secondary N) is 1. The van der Waals surface area contributed by atoms with Crippen molar-refractivity contribution in [1.82, 2.24) is 5.32 Å². The number of carbonyl (C=O) groups is 1. The number of halogens is 2. The van der Waals surface area contributed by atoms with Crippen molar-refractivity contribution in [3.05, 3.63) is 108 Å². The Kier molecular flexibility index (Phi) is 12.0. The summed E-state index contributed by atoms with van der Waals surface area (Å²) in [5, 5.41) is 3.84. The fourth-order valence-corrected chi connectivity index (χ4v) is 3.91. The first-order valence-electron chi connectivity index (χ1n) is 10.4. The minimum atomic E-state index is -0.558. The van der Waals surface area contributed by atoms with Gasteiger partial charge >= 0.3 is 5.97 Å². The summed E-state index contributed by atoms with van der Waals surface area (Å²) < 4.78 is 4.72. The highest BCUT2D eigenvalue weighted by molar-refractivity contribution is 5.85. The van der Waals surface area contributed by atoms with E-state index < -0.39 is 11.6 Å². The number of ether oxygens (including phenoxy) is 1. The molecule has 0 aromatic heterocycles. The third-order valence-corrected chi connectivity index (χ3v) is 5.46. The Hall–Kier alpha value is -2.37. The molecule has 0 aliphatic rings. The molecule has 0 amide bonds. The van der Waals surface area contributed by atoms with Crippen LogP contribution in [0.1, 0.15) is 36.0 Å². The molecule has 32 heavy (non-hydrogen) atoms. The van der Waals surface area contributed by atoms with Gasteiger partial charge in [0.15, 0.2) is 0 Å². The zero-order valence-corrected chi connectivity index (χ0v) is 19.9. The predicted molar refractivity (Wildman–Crippen MR) is 136 cm³/mol. The van der Waals surface area contributed by atoms with Crippen LogP contribution >= 0.6 is 24.8 Å². The van der Waals surface area contributed by atoms with Crippen LogP contribution in [0, 0.1) is 0 Å². The molecule has 0 heterocycles. The SMILES string of the molecule is COC(=O)[C@@H](N)CCCCNC(c1ccccc1)(c1ccccc1)c1ccccc1.Cl.Cl. The summed E-state index contributed by atoms with van der Waals surface area (Å²) in [6.45, 7) is 0.784. The largest absolute Gasteiger partial charge is 0.468 e. The molecular formula is C26H32Cl2N2O2. The fourth-order valence-electron chi connectivity index (χ4n) is 3.91. The zero-order valence-electron chi connectivity index (χ0n) is 18.3. The molecule has 172 valence electrons. The first kappa shape index (κ1) is 27.7. The van der Waals surface area contributed by atoms with Crippen molar-refractivity contribution in [1.29, 1.82) is 0 Å². The van der Waals surface area contributed by atoms with Crippen molar-refractivity contribution in [3.8, 4) is 0 Å². The lowest BCUT2D eigenvalue weighted by Gasteiger charge is -2.37. The number of rotatable bonds is 10. The molecule has 4 nitrogen and oxygen atoms in total. The van der Waals surface area contributed by atoms with Crippen molar-refractivity contribution in [3.63, 3.8) is 0 Å². The first-order chi connectivity index (χ1) is 14.7. The van der Waals surface area contributed by atoms with E-state index in [9.17, 15) is 4.79 Å². The van der Waals surface area contributed by atoms with Gasteiger partial charge in [0.2, 0.25) is 0 Å². The molecule has 0 spiro atoms. The van der Waals surface area contributed by atoms with Gasteiger partial charge in [0, 0.05) is 0 Å². The first-order valence-corrected chi connectivity index (χ1v) is 10.4. The van der Waals surface area contributed by atoms with E-state index in [0.717, 1.165) is 19.4 Å². The minimum absolute atomic E-state index is 0. The summed E-state index contributed by atoms with van der Waals surface area (Å²) in [5.41, 5.74) is 8.98. The second kappa shape index (κ2) is 13.9. The number of nitrogens with two attached hydrogens (primary N) is 1. The van der Waals surface area contributed by atoms with E-state index in [0.29, 0.717) is 6.42 Å². The molecule has 0 bridgehead atoms. The second-order valence-electron chi connectivity index (χ2n) is 7.40. The Morgan fingerprint density at radius 3 is 1.59 bits per heavy atom. The van der Waals surface area contributed by atoms with Gasteiger partial charge in [-0.2, -0.15) is 0 Å². The molecule has 3 aromatic carbocycles. The number of hydrogen-bond acceptors (Lipinski definition) is 4. The monoisotopic (exact) mass is 474 g/mol. The molecule has 0 aliphatic heterocycles. The molecule has 0 unspecified atom stereocenters. The van der Waals surface area contributed by atoms with Crippen molar-refractivity contribution in [2.45, 2.75) is 30.8 Å². The van der Waals surface area contributed by atoms with E-state index in [1.165, 1.54) is 23.8 Å². The molecule has 3 aromatic rings. The van der Waals surface area contributed by atoms with Crippen LogP contribution in [0.25, 0.3) is 0 Å². The van der Waals surface area contributed by atoms with Gasteiger partial charge in [0.05, 0.1) is 12.6 Å². The van der Waals surface area contributed by atoms with Crippen LogP contribution in [0.2, 0.25) is 0 Å². The summed E-state index contributed by atoms with van der Waals surface area (Å²) in [7, 11) is 1.37. The topological polar surface area (TPSA) is 64.3 Å². The highest BCUT2D eigenvalue weighted by Crippen LogP contribution is 2.36. The van der Waals surface area contributed by atoms with Gasteiger partial charge in [0.25, 0.3) is 0 Å². The van der Waals surface area contributed by atoms with Crippen molar-refractivity contribution in [2.75, 3.05) is 13.7 Å². The Morgan fingerprint density at radius 2 is 1.22 bits per heavy atom. The summed E-state index contributed by atoms with van der Waals surface area (Å²) in [4.78, 5) is 11.5. The normalized spacial score (nSPS) is 11.6. The van der Waals surface area contributed by atoms with Gasteiger partial charge in [-0.15, -0.1) is 24.8 Å². The number of unbranched alkanes of at least 4 members (excludes halogenated alkanes) is 1. The van der Waals surface area contributed by atoms with Crippen LogP contribution in [0.4, 0.5) is 0 Å². The van der Waals surface area contributed by atoms with Gasteiger partial charge in [-0.25, -0.2) is 0 Å².